The minimum atomic E-state index is -0.636. The van der Waals surface area contributed by atoms with Crippen LogP contribution < -0.4 is 5.32 Å². The van der Waals surface area contributed by atoms with Crippen LogP contribution in [-0.4, -0.2) is 44.6 Å². The van der Waals surface area contributed by atoms with Crippen molar-refractivity contribution in [2.45, 2.75) is 76.3 Å². The topological polar surface area (TPSA) is 87.6 Å². The van der Waals surface area contributed by atoms with Crippen LogP contribution in [0.2, 0.25) is 0 Å². The van der Waals surface area contributed by atoms with Gasteiger partial charge in [-0.3, -0.25) is 19.6 Å². The Morgan fingerprint density at radius 2 is 1.92 bits per heavy atom. The van der Waals surface area contributed by atoms with E-state index in [0.717, 1.165) is 48.1 Å². The van der Waals surface area contributed by atoms with Gasteiger partial charge in [-0.2, -0.15) is 0 Å². The average Bonchev–Trinajstić information content (AvgIpc) is 3.38. The number of aromatic nitrogens is 2. The number of carbonyl (C=O) groups is 2. The van der Waals surface area contributed by atoms with E-state index < -0.39 is 11.1 Å². The SMILES string of the molecule is CC(C)C1=NC2(CCCCCC2)N(CC#Cc2cnc3c(c2)C[C@@]2(C3)C(=O)Nc3ncccc32)C1=O. The molecule has 2 aliphatic carbocycles. The van der Waals surface area contributed by atoms with Gasteiger partial charge in [-0.15, -0.1) is 0 Å². The Morgan fingerprint density at radius 3 is 2.69 bits per heavy atom. The Kier molecular flexibility index (Phi) is 5.44. The highest BCUT2D eigenvalue weighted by Crippen LogP contribution is 2.46. The summed E-state index contributed by atoms with van der Waals surface area (Å²) >= 11 is 0. The quantitative estimate of drug-likeness (QED) is 0.661. The smallest absolute Gasteiger partial charge is 0.270 e. The van der Waals surface area contributed by atoms with E-state index in [1.807, 2.05) is 30.9 Å². The molecular weight excluding hydrogens is 450 g/mol. The molecule has 1 atom stereocenters. The van der Waals surface area contributed by atoms with E-state index >= 15 is 0 Å². The van der Waals surface area contributed by atoms with Gasteiger partial charge in [0.15, 0.2) is 0 Å². The molecule has 4 heterocycles. The number of carbonyl (C=O) groups excluding carboxylic acids is 2. The number of nitrogens with one attached hydrogen (secondary N) is 1. The van der Waals surface area contributed by atoms with E-state index in [1.54, 1.807) is 12.4 Å². The van der Waals surface area contributed by atoms with Crippen LogP contribution in [0.25, 0.3) is 0 Å². The van der Waals surface area contributed by atoms with Gasteiger partial charge in [0.25, 0.3) is 5.91 Å². The number of pyridine rings is 2. The Labute approximate surface area is 211 Å². The van der Waals surface area contributed by atoms with Crippen molar-refractivity contribution in [3.05, 3.63) is 53.0 Å². The predicted octanol–water partition coefficient (Wildman–Crippen LogP) is 3.81. The van der Waals surface area contributed by atoms with E-state index in [4.69, 9.17) is 4.99 Å². The van der Waals surface area contributed by atoms with Gasteiger partial charge in [0.1, 0.15) is 17.2 Å². The summed E-state index contributed by atoms with van der Waals surface area (Å²) in [5.74, 6) is 7.29. The maximum Gasteiger partial charge on any atom is 0.270 e. The van der Waals surface area contributed by atoms with Gasteiger partial charge in [-0.25, -0.2) is 4.98 Å². The minimum absolute atomic E-state index is 0.0102. The molecule has 0 saturated heterocycles. The van der Waals surface area contributed by atoms with Crippen LogP contribution in [0.4, 0.5) is 5.82 Å². The van der Waals surface area contributed by atoms with Crippen molar-refractivity contribution in [2.24, 2.45) is 10.9 Å². The zero-order valence-corrected chi connectivity index (χ0v) is 20.9. The normalized spacial score (nSPS) is 23.9. The van der Waals surface area contributed by atoms with Crippen LogP contribution in [0, 0.1) is 17.8 Å². The van der Waals surface area contributed by atoms with Crippen LogP contribution >= 0.6 is 0 Å². The predicted molar refractivity (Wildman–Crippen MR) is 137 cm³/mol. The number of rotatable bonds is 2. The molecule has 184 valence electrons. The van der Waals surface area contributed by atoms with Crippen molar-refractivity contribution in [3.8, 4) is 11.8 Å². The van der Waals surface area contributed by atoms with Gasteiger partial charge < -0.3 is 10.2 Å². The van der Waals surface area contributed by atoms with Gasteiger partial charge in [-0.1, -0.05) is 44.6 Å². The lowest BCUT2D eigenvalue weighted by Gasteiger charge is -2.34. The molecule has 0 unspecified atom stereocenters. The van der Waals surface area contributed by atoms with Crippen molar-refractivity contribution in [1.82, 2.24) is 14.9 Å². The fraction of sp³-hybridized carbons (Fsp3) is 0.483. The summed E-state index contributed by atoms with van der Waals surface area (Å²) in [5.41, 5.74) is 3.37. The van der Waals surface area contributed by atoms with Gasteiger partial charge >= 0.3 is 0 Å². The molecule has 7 nitrogen and oxygen atoms in total. The second kappa shape index (κ2) is 8.55. The first kappa shape index (κ1) is 22.9. The molecule has 0 aromatic carbocycles. The second-order valence-electron chi connectivity index (χ2n) is 10.9. The standard InChI is InChI=1S/C29H31N5O2/c1-19(2)24-26(35)34(29(33-24)11-5-3-4-6-12-29)14-8-9-20-15-21-16-28(17-23(21)31-18-20)22-10-7-13-30-25(22)32-27(28)36/h7,10,13,15,18-19H,3-6,11-12,14,16-17H2,1-2H3,(H,30,32,36)/t28-/m0/s1. The highest BCUT2D eigenvalue weighted by Gasteiger charge is 2.51. The maximum absolute atomic E-state index is 13.3. The average molecular weight is 482 g/mol. The molecule has 0 bridgehead atoms. The summed E-state index contributed by atoms with van der Waals surface area (Å²) in [7, 11) is 0. The van der Waals surface area contributed by atoms with Gasteiger partial charge in [-0.05, 0) is 49.8 Å². The second-order valence-corrected chi connectivity index (χ2v) is 10.9. The number of aliphatic imine (C=N–C) groups is 1. The lowest BCUT2D eigenvalue weighted by molar-refractivity contribution is -0.127. The fourth-order valence-electron chi connectivity index (χ4n) is 6.34. The summed E-state index contributed by atoms with van der Waals surface area (Å²) < 4.78 is 0. The van der Waals surface area contributed by atoms with E-state index in [2.05, 4.69) is 33.2 Å². The van der Waals surface area contributed by atoms with Crippen molar-refractivity contribution in [3.63, 3.8) is 0 Å². The molecule has 2 aromatic heterocycles. The molecule has 36 heavy (non-hydrogen) atoms. The van der Waals surface area contributed by atoms with Crippen LogP contribution in [-0.2, 0) is 27.8 Å². The first-order chi connectivity index (χ1) is 17.4. The molecule has 2 aliphatic heterocycles. The lowest BCUT2D eigenvalue weighted by Crippen LogP contribution is -2.47. The van der Waals surface area contributed by atoms with E-state index in [0.29, 0.717) is 30.9 Å². The summed E-state index contributed by atoms with van der Waals surface area (Å²) in [6, 6.07) is 5.91. The molecule has 1 N–H and O–H groups in total. The van der Waals surface area contributed by atoms with Gasteiger partial charge in [0, 0.05) is 41.6 Å². The molecule has 1 saturated carbocycles. The molecule has 4 aliphatic rings. The largest absolute Gasteiger partial charge is 0.310 e. The molecule has 2 aromatic rings. The number of hydrogen-bond donors (Lipinski definition) is 1. The van der Waals surface area contributed by atoms with E-state index in [9.17, 15) is 9.59 Å². The zero-order valence-electron chi connectivity index (χ0n) is 20.9. The van der Waals surface area contributed by atoms with E-state index in [1.165, 1.54) is 12.8 Å². The molecular formula is C29H31N5O2. The molecule has 2 amide bonds. The molecule has 2 spiro atoms. The maximum atomic E-state index is 13.3. The van der Waals surface area contributed by atoms with Gasteiger partial charge in [0.05, 0.1) is 12.0 Å². The summed E-state index contributed by atoms with van der Waals surface area (Å²) in [5, 5.41) is 2.94. The third-order valence-corrected chi connectivity index (χ3v) is 8.23. The Balaban J connectivity index is 1.23. The Hall–Kier alpha value is -3.53. The van der Waals surface area contributed by atoms with Crippen molar-refractivity contribution >= 4 is 23.3 Å². The highest BCUT2D eigenvalue weighted by molar-refractivity contribution is 6.41. The summed E-state index contributed by atoms with van der Waals surface area (Å²) in [6.07, 6.45) is 11.1. The van der Waals surface area contributed by atoms with Crippen LogP contribution in [0.3, 0.4) is 0 Å². The number of amides is 2. The monoisotopic (exact) mass is 481 g/mol. The van der Waals surface area contributed by atoms with Crippen LogP contribution in [0.1, 0.15) is 74.8 Å². The third kappa shape index (κ3) is 3.54. The Morgan fingerprint density at radius 1 is 1.11 bits per heavy atom. The number of fused-ring (bicyclic) bond motifs is 3. The number of nitrogens with zero attached hydrogens (tertiary/aromatic N) is 4. The molecule has 1 fully saturated rings. The first-order valence-electron chi connectivity index (χ1n) is 13.1. The van der Waals surface area contributed by atoms with Gasteiger partial charge in [0.2, 0.25) is 5.91 Å². The number of hydrogen-bond acceptors (Lipinski definition) is 5. The van der Waals surface area contributed by atoms with Crippen LogP contribution in [0.5, 0.6) is 0 Å². The van der Waals surface area contributed by atoms with Crippen LogP contribution in [0.15, 0.2) is 35.6 Å². The summed E-state index contributed by atoms with van der Waals surface area (Å²) in [4.78, 5) is 42.2. The molecule has 0 radical (unpaired) electrons. The van der Waals surface area contributed by atoms with Crippen molar-refractivity contribution < 1.29 is 9.59 Å². The Bertz CT molecular complexity index is 1340. The third-order valence-electron chi connectivity index (χ3n) is 8.23. The van der Waals surface area contributed by atoms with Crippen molar-refractivity contribution in [2.75, 3.05) is 11.9 Å². The number of anilines is 1. The molecule has 7 heteroatoms. The fourth-order valence-corrected chi connectivity index (χ4v) is 6.34. The van der Waals surface area contributed by atoms with Crippen molar-refractivity contribution in [1.29, 1.82) is 0 Å². The summed E-state index contributed by atoms with van der Waals surface area (Å²) in [6.45, 7) is 4.44. The first-order valence-corrected chi connectivity index (χ1v) is 13.1. The molecule has 6 rings (SSSR count). The van der Waals surface area contributed by atoms with E-state index in [-0.39, 0.29) is 17.7 Å². The minimum Gasteiger partial charge on any atom is -0.310 e. The zero-order chi connectivity index (χ0) is 24.9. The lowest BCUT2D eigenvalue weighted by atomic mass is 9.80. The highest BCUT2D eigenvalue weighted by atomic mass is 16.2.